The zero-order chi connectivity index (χ0) is 9.42. The Kier molecular flexibility index (Phi) is 1.72. The van der Waals surface area contributed by atoms with Crippen LogP contribution in [0.25, 0.3) is 0 Å². The highest BCUT2D eigenvalue weighted by molar-refractivity contribution is 5.53. The number of nitrogens with zero attached hydrogens (tertiary/aromatic N) is 3. The molecule has 0 bridgehead atoms. The largest absolute Gasteiger partial charge is 0.250 e. The Balaban J connectivity index is 2.56. The molecule has 5 heteroatoms. The summed E-state index contributed by atoms with van der Waals surface area (Å²) in [5, 5.41) is 8.86. The van der Waals surface area contributed by atoms with Crippen molar-refractivity contribution in [1.82, 2.24) is 0 Å². The number of anilines is 1. The fourth-order valence-corrected chi connectivity index (χ4v) is 1.26. The van der Waals surface area contributed by atoms with Crippen molar-refractivity contribution < 1.29 is 8.78 Å². The predicted molar refractivity (Wildman–Crippen MR) is 43.3 cm³/mol. The highest BCUT2D eigenvalue weighted by Gasteiger charge is 2.15. The molecular weight excluding hydrogens is 176 g/mol. The van der Waals surface area contributed by atoms with E-state index < -0.39 is 11.6 Å². The fraction of sp³-hybridized carbons (Fsp3) is 0.250. The zero-order valence-electron chi connectivity index (χ0n) is 6.96. The van der Waals surface area contributed by atoms with Gasteiger partial charge in [0.1, 0.15) is 0 Å². The van der Waals surface area contributed by atoms with Gasteiger partial charge in [0.15, 0.2) is 11.6 Å². The molecular formula is C8H7F2N3. The molecule has 0 atom stereocenters. The second-order valence-corrected chi connectivity index (χ2v) is 2.81. The molecule has 3 nitrogen and oxygen atoms in total. The third kappa shape index (κ3) is 1.26. The molecule has 0 amide bonds. The Morgan fingerprint density at radius 2 is 2.00 bits per heavy atom. The van der Waals surface area contributed by atoms with Crippen molar-refractivity contribution in [3.05, 3.63) is 29.3 Å². The van der Waals surface area contributed by atoms with E-state index in [2.05, 4.69) is 10.3 Å². The Bertz CT molecular complexity index is 376. The predicted octanol–water partition coefficient (Wildman–Crippen LogP) is 2.28. The molecule has 0 unspecified atom stereocenters. The van der Waals surface area contributed by atoms with E-state index in [1.54, 1.807) is 7.05 Å². The van der Waals surface area contributed by atoms with Gasteiger partial charge < -0.3 is 0 Å². The highest BCUT2D eigenvalue weighted by atomic mass is 19.2. The van der Waals surface area contributed by atoms with Gasteiger partial charge in [-0.1, -0.05) is 5.22 Å². The number of hydrogen-bond donors (Lipinski definition) is 0. The lowest BCUT2D eigenvalue weighted by Crippen LogP contribution is -2.14. The molecule has 1 aromatic rings. The first-order valence-electron chi connectivity index (χ1n) is 3.77. The number of fused-ring (bicyclic) bond motifs is 1. The number of benzene rings is 1. The van der Waals surface area contributed by atoms with Crippen LogP contribution in [0.4, 0.5) is 14.5 Å². The quantitative estimate of drug-likeness (QED) is 0.606. The maximum Gasteiger partial charge on any atom is 0.160 e. The highest BCUT2D eigenvalue weighted by Crippen LogP contribution is 2.27. The molecule has 13 heavy (non-hydrogen) atoms. The van der Waals surface area contributed by atoms with Gasteiger partial charge in [-0.05, 0) is 6.07 Å². The molecule has 1 aliphatic heterocycles. The molecule has 0 saturated carbocycles. The molecule has 0 aromatic heterocycles. The maximum atomic E-state index is 12.8. The van der Waals surface area contributed by atoms with Crippen LogP contribution in [0.2, 0.25) is 0 Å². The summed E-state index contributed by atoms with van der Waals surface area (Å²) in [5.41, 5.74) is 1.21. The minimum Gasteiger partial charge on any atom is -0.250 e. The molecule has 0 spiro atoms. The summed E-state index contributed by atoms with van der Waals surface area (Å²) in [4.78, 5) is 0. The van der Waals surface area contributed by atoms with Crippen molar-refractivity contribution in [3.63, 3.8) is 0 Å². The molecule has 2 rings (SSSR count). The van der Waals surface area contributed by atoms with Crippen LogP contribution in [0.15, 0.2) is 22.5 Å². The third-order valence-electron chi connectivity index (χ3n) is 1.91. The van der Waals surface area contributed by atoms with E-state index in [1.165, 1.54) is 5.01 Å². The van der Waals surface area contributed by atoms with E-state index in [4.69, 9.17) is 0 Å². The number of halogens is 2. The third-order valence-corrected chi connectivity index (χ3v) is 1.91. The maximum absolute atomic E-state index is 12.8. The number of rotatable bonds is 0. The Hall–Kier alpha value is -1.52. The molecule has 0 saturated heterocycles. The summed E-state index contributed by atoms with van der Waals surface area (Å²) in [6.07, 6.45) is 0. The minimum absolute atomic E-state index is 0.302. The van der Waals surface area contributed by atoms with Crippen molar-refractivity contribution in [3.8, 4) is 0 Å². The van der Waals surface area contributed by atoms with Gasteiger partial charge in [0.2, 0.25) is 0 Å². The van der Waals surface area contributed by atoms with Crippen LogP contribution >= 0.6 is 0 Å². The van der Waals surface area contributed by atoms with Gasteiger partial charge in [0.25, 0.3) is 0 Å². The van der Waals surface area contributed by atoms with E-state index >= 15 is 0 Å². The van der Waals surface area contributed by atoms with Crippen LogP contribution < -0.4 is 5.01 Å². The SMILES string of the molecule is CN1N=NCc2cc(F)c(F)cc21. The fourth-order valence-electron chi connectivity index (χ4n) is 1.26. The second kappa shape index (κ2) is 2.76. The molecule has 0 radical (unpaired) electrons. The lowest BCUT2D eigenvalue weighted by Gasteiger charge is -2.19. The first kappa shape index (κ1) is 8.10. The lowest BCUT2D eigenvalue weighted by molar-refractivity contribution is 0.506. The topological polar surface area (TPSA) is 28.0 Å². The summed E-state index contributed by atoms with van der Waals surface area (Å²) in [7, 11) is 1.64. The second-order valence-electron chi connectivity index (χ2n) is 2.81. The molecule has 1 heterocycles. The standard InChI is InChI=1S/C8H7F2N3/c1-13-8-3-7(10)6(9)2-5(8)4-11-12-13/h2-3H,4H2,1H3. The molecule has 0 aliphatic carbocycles. The van der Waals surface area contributed by atoms with Crippen LogP contribution in [-0.2, 0) is 6.54 Å². The van der Waals surface area contributed by atoms with E-state index in [0.29, 0.717) is 17.8 Å². The van der Waals surface area contributed by atoms with E-state index in [0.717, 1.165) is 12.1 Å². The summed E-state index contributed by atoms with van der Waals surface area (Å²) in [6, 6.07) is 2.28. The number of hydrogen-bond acceptors (Lipinski definition) is 3. The lowest BCUT2D eigenvalue weighted by atomic mass is 10.1. The van der Waals surface area contributed by atoms with Crippen LogP contribution in [0.3, 0.4) is 0 Å². The van der Waals surface area contributed by atoms with Gasteiger partial charge in [-0.25, -0.2) is 13.8 Å². The molecule has 1 aromatic carbocycles. The van der Waals surface area contributed by atoms with Crippen LogP contribution in [0, 0.1) is 11.6 Å². The van der Waals surface area contributed by atoms with Gasteiger partial charge in [-0.2, -0.15) is 5.11 Å². The summed E-state index contributed by atoms with van der Waals surface area (Å²) < 4.78 is 25.6. The minimum atomic E-state index is -0.859. The molecule has 68 valence electrons. The normalized spacial score (nSPS) is 14.5. The van der Waals surface area contributed by atoms with Gasteiger partial charge >= 0.3 is 0 Å². The monoisotopic (exact) mass is 183 g/mol. The van der Waals surface area contributed by atoms with Crippen molar-refractivity contribution >= 4 is 5.69 Å². The molecule has 1 aliphatic rings. The average molecular weight is 183 g/mol. The van der Waals surface area contributed by atoms with E-state index in [1.807, 2.05) is 0 Å². The van der Waals surface area contributed by atoms with Crippen molar-refractivity contribution in [2.75, 3.05) is 12.1 Å². The smallest absolute Gasteiger partial charge is 0.160 e. The first-order valence-corrected chi connectivity index (χ1v) is 3.77. The van der Waals surface area contributed by atoms with Gasteiger partial charge in [0, 0.05) is 18.7 Å². The molecule has 0 fully saturated rings. The Morgan fingerprint density at radius 1 is 1.31 bits per heavy atom. The Labute approximate surface area is 73.7 Å². The van der Waals surface area contributed by atoms with Crippen LogP contribution in [-0.4, -0.2) is 7.05 Å². The first-order chi connectivity index (χ1) is 6.18. The van der Waals surface area contributed by atoms with E-state index in [-0.39, 0.29) is 0 Å². The summed E-state index contributed by atoms with van der Waals surface area (Å²) in [6.45, 7) is 0.302. The Morgan fingerprint density at radius 3 is 2.77 bits per heavy atom. The van der Waals surface area contributed by atoms with Gasteiger partial charge in [-0.15, -0.1) is 0 Å². The van der Waals surface area contributed by atoms with E-state index in [9.17, 15) is 8.78 Å². The zero-order valence-corrected chi connectivity index (χ0v) is 6.96. The molecule has 0 N–H and O–H groups in total. The average Bonchev–Trinajstić information content (AvgIpc) is 2.09. The van der Waals surface area contributed by atoms with Crippen molar-refractivity contribution in [2.24, 2.45) is 10.3 Å². The van der Waals surface area contributed by atoms with Crippen molar-refractivity contribution in [2.45, 2.75) is 6.54 Å². The van der Waals surface area contributed by atoms with Crippen molar-refractivity contribution in [1.29, 1.82) is 0 Å². The summed E-state index contributed by atoms with van der Waals surface area (Å²) >= 11 is 0. The van der Waals surface area contributed by atoms with Gasteiger partial charge in [-0.3, -0.25) is 0 Å². The summed E-state index contributed by atoms with van der Waals surface area (Å²) in [5.74, 6) is -1.70. The van der Waals surface area contributed by atoms with Crippen LogP contribution in [0.5, 0.6) is 0 Å². The van der Waals surface area contributed by atoms with Crippen LogP contribution in [0.1, 0.15) is 5.56 Å². The van der Waals surface area contributed by atoms with Gasteiger partial charge in [0.05, 0.1) is 12.2 Å².